The molecule has 3 fully saturated rings. The van der Waals surface area contributed by atoms with E-state index in [1.54, 1.807) is 11.4 Å². The second-order valence-corrected chi connectivity index (χ2v) is 12.4. The van der Waals surface area contributed by atoms with Crippen LogP contribution in [0.4, 0.5) is 0 Å². The highest BCUT2D eigenvalue weighted by Crippen LogP contribution is 2.66. The molecule has 2 saturated carbocycles. The van der Waals surface area contributed by atoms with Crippen molar-refractivity contribution >= 4 is 16.1 Å². The van der Waals surface area contributed by atoms with Crippen LogP contribution in [0.2, 0.25) is 0 Å². The Kier molecular flexibility index (Phi) is 4.49. The SMILES string of the molecule is COc1ccc2c(c1)C=CC21CCN(S(=O)(=O)C[C@]23CCC(C[C@H]2O)C3(C)C)CC1. The topological polar surface area (TPSA) is 66.8 Å². The third-order valence-electron chi connectivity index (χ3n) is 9.21. The van der Waals surface area contributed by atoms with Gasteiger partial charge in [-0.1, -0.05) is 32.1 Å². The van der Waals surface area contributed by atoms with Gasteiger partial charge in [0, 0.05) is 23.9 Å². The lowest BCUT2D eigenvalue weighted by Gasteiger charge is -2.43. The van der Waals surface area contributed by atoms with Crippen LogP contribution >= 0.6 is 0 Å². The van der Waals surface area contributed by atoms with Crippen molar-refractivity contribution in [3.63, 3.8) is 0 Å². The molecule has 2 bridgehead atoms. The number of benzene rings is 1. The molecule has 1 heterocycles. The predicted molar refractivity (Wildman–Crippen MR) is 118 cm³/mol. The number of piperidine rings is 1. The normalized spacial score (nSPS) is 33.9. The number of aliphatic hydroxyl groups excluding tert-OH is 1. The van der Waals surface area contributed by atoms with Gasteiger partial charge in [0.15, 0.2) is 0 Å². The minimum absolute atomic E-state index is 0.0729. The third-order valence-corrected chi connectivity index (χ3v) is 11.2. The minimum atomic E-state index is -3.42. The Bertz CT molecular complexity index is 990. The van der Waals surface area contributed by atoms with E-state index in [1.807, 2.05) is 6.07 Å². The number of methoxy groups -OCH3 is 1. The third kappa shape index (κ3) is 2.69. The molecule has 0 amide bonds. The Morgan fingerprint density at radius 3 is 2.53 bits per heavy atom. The Hall–Kier alpha value is -1.37. The van der Waals surface area contributed by atoms with Crippen LogP contribution in [-0.4, -0.2) is 49.9 Å². The molecule has 5 nitrogen and oxygen atoms in total. The zero-order valence-electron chi connectivity index (χ0n) is 18.2. The number of sulfonamides is 1. The summed E-state index contributed by atoms with van der Waals surface area (Å²) in [4.78, 5) is 0. The fourth-order valence-electron chi connectivity index (χ4n) is 6.99. The van der Waals surface area contributed by atoms with E-state index >= 15 is 0 Å². The number of allylic oxidation sites excluding steroid dienone is 1. The van der Waals surface area contributed by atoms with E-state index in [2.05, 4.69) is 38.1 Å². The van der Waals surface area contributed by atoms with Crippen LogP contribution in [0.5, 0.6) is 5.75 Å². The number of hydrogen-bond donors (Lipinski definition) is 1. The van der Waals surface area contributed by atoms with E-state index in [1.165, 1.54) is 11.1 Å². The molecule has 0 aromatic heterocycles. The number of nitrogens with zero attached hydrogens (tertiary/aromatic N) is 1. The molecule has 6 heteroatoms. The summed E-state index contributed by atoms with van der Waals surface area (Å²) in [6, 6.07) is 6.19. The summed E-state index contributed by atoms with van der Waals surface area (Å²) in [7, 11) is -1.74. The van der Waals surface area contributed by atoms with Crippen molar-refractivity contribution in [2.75, 3.05) is 26.0 Å². The standard InChI is InChI=1S/C24H33NO4S/c1-22(2)18-7-9-24(22,21(26)15-18)16-30(27,28)25-12-10-23(11-13-25)8-6-17-14-19(29-3)4-5-20(17)23/h4-6,8,14,18,21,26H,7,9-13,15-16H2,1-3H3/t18?,21-,24-/m1/s1. The van der Waals surface area contributed by atoms with Crippen LogP contribution in [-0.2, 0) is 15.4 Å². The molecule has 1 N–H and O–H groups in total. The van der Waals surface area contributed by atoms with Crippen LogP contribution < -0.4 is 4.74 Å². The van der Waals surface area contributed by atoms with E-state index in [0.29, 0.717) is 19.0 Å². The monoisotopic (exact) mass is 431 g/mol. The number of ether oxygens (including phenoxy) is 1. The first-order chi connectivity index (χ1) is 14.1. The van der Waals surface area contributed by atoms with E-state index in [9.17, 15) is 13.5 Å². The molecule has 0 radical (unpaired) electrons. The Balaban J connectivity index is 1.34. The summed E-state index contributed by atoms with van der Waals surface area (Å²) in [5.74, 6) is 1.37. The molecular weight excluding hydrogens is 398 g/mol. The summed E-state index contributed by atoms with van der Waals surface area (Å²) in [5, 5.41) is 10.8. The highest BCUT2D eigenvalue weighted by molar-refractivity contribution is 7.89. The first-order valence-electron chi connectivity index (χ1n) is 11.2. The minimum Gasteiger partial charge on any atom is -0.497 e. The summed E-state index contributed by atoms with van der Waals surface area (Å²) < 4.78 is 34.0. The van der Waals surface area contributed by atoms with Gasteiger partial charge in [-0.3, -0.25) is 0 Å². The van der Waals surface area contributed by atoms with E-state index in [0.717, 1.165) is 37.9 Å². The van der Waals surface area contributed by atoms with Crippen molar-refractivity contribution in [1.29, 1.82) is 0 Å². The van der Waals surface area contributed by atoms with Gasteiger partial charge in [0.25, 0.3) is 0 Å². The molecule has 5 rings (SSSR count). The summed E-state index contributed by atoms with van der Waals surface area (Å²) >= 11 is 0. The largest absolute Gasteiger partial charge is 0.497 e. The van der Waals surface area contributed by atoms with Crippen molar-refractivity contribution in [3.8, 4) is 5.75 Å². The quantitative estimate of drug-likeness (QED) is 0.791. The molecule has 30 heavy (non-hydrogen) atoms. The number of rotatable bonds is 4. The van der Waals surface area contributed by atoms with Gasteiger partial charge in [-0.15, -0.1) is 0 Å². The van der Waals surface area contributed by atoms with Gasteiger partial charge in [0.05, 0.1) is 19.0 Å². The molecule has 1 spiro atoms. The molecule has 1 aromatic carbocycles. The van der Waals surface area contributed by atoms with Gasteiger partial charge in [-0.05, 0) is 66.7 Å². The predicted octanol–water partition coefficient (Wildman–Crippen LogP) is 3.57. The lowest BCUT2D eigenvalue weighted by molar-refractivity contribution is 0.0143. The van der Waals surface area contributed by atoms with Crippen LogP contribution in [0.15, 0.2) is 24.3 Å². The zero-order valence-corrected chi connectivity index (χ0v) is 19.0. The van der Waals surface area contributed by atoms with Crippen molar-refractivity contribution in [1.82, 2.24) is 4.31 Å². The maximum atomic E-state index is 13.5. The van der Waals surface area contributed by atoms with Gasteiger partial charge in [-0.25, -0.2) is 12.7 Å². The van der Waals surface area contributed by atoms with E-state index < -0.39 is 21.5 Å². The van der Waals surface area contributed by atoms with Crippen LogP contribution in [0.25, 0.3) is 6.08 Å². The highest BCUT2D eigenvalue weighted by atomic mass is 32.2. The average molecular weight is 432 g/mol. The number of aliphatic hydroxyl groups is 1. The Labute approximate surface area is 180 Å². The maximum Gasteiger partial charge on any atom is 0.214 e. The Morgan fingerprint density at radius 1 is 1.20 bits per heavy atom. The molecule has 1 saturated heterocycles. The summed E-state index contributed by atoms with van der Waals surface area (Å²) in [5.41, 5.74) is 1.77. The van der Waals surface area contributed by atoms with Crippen molar-refractivity contribution < 1.29 is 18.3 Å². The summed E-state index contributed by atoms with van der Waals surface area (Å²) in [6.45, 7) is 5.40. The number of hydrogen-bond acceptors (Lipinski definition) is 4. The first-order valence-corrected chi connectivity index (χ1v) is 12.8. The molecule has 4 aliphatic rings. The zero-order chi connectivity index (χ0) is 21.4. The molecule has 1 unspecified atom stereocenters. The molecule has 1 aromatic rings. The Morgan fingerprint density at radius 2 is 1.93 bits per heavy atom. The van der Waals surface area contributed by atoms with Crippen molar-refractivity contribution in [2.45, 2.75) is 57.5 Å². The number of fused-ring (bicyclic) bond motifs is 4. The molecule has 1 aliphatic heterocycles. The van der Waals surface area contributed by atoms with Gasteiger partial charge >= 0.3 is 0 Å². The van der Waals surface area contributed by atoms with Gasteiger partial charge in [0.1, 0.15) is 5.75 Å². The van der Waals surface area contributed by atoms with E-state index in [4.69, 9.17) is 4.74 Å². The smallest absolute Gasteiger partial charge is 0.214 e. The fourth-order valence-corrected chi connectivity index (χ4v) is 9.27. The molecule has 3 atom stereocenters. The molecule has 164 valence electrons. The fraction of sp³-hybridized carbons (Fsp3) is 0.667. The molecular formula is C24H33NO4S. The highest BCUT2D eigenvalue weighted by Gasteiger charge is 2.65. The van der Waals surface area contributed by atoms with Crippen molar-refractivity contribution in [3.05, 3.63) is 35.4 Å². The lowest BCUT2D eigenvalue weighted by Crippen LogP contribution is -2.51. The van der Waals surface area contributed by atoms with Crippen LogP contribution in [0.3, 0.4) is 0 Å². The van der Waals surface area contributed by atoms with E-state index in [-0.39, 0.29) is 16.6 Å². The van der Waals surface area contributed by atoms with Crippen molar-refractivity contribution in [2.24, 2.45) is 16.7 Å². The average Bonchev–Trinajstić information content (AvgIpc) is 3.24. The lowest BCUT2D eigenvalue weighted by atomic mass is 9.70. The summed E-state index contributed by atoms with van der Waals surface area (Å²) in [6.07, 6.45) is 8.09. The van der Waals surface area contributed by atoms with Crippen LogP contribution in [0.1, 0.15) is 57.1 Å². The second-order valence-electron chi connectivity index (χ2n) is 10.5. The molecule has 3 aliphatic carbocycles. The van der Waals surface area contributed by atoms with Gasteiger partial charge < -0.3 is 9.84 Å². The van der Waals surface area contributed by atoms with Gasteiger partial charge in [-0.2, -0.15) is 0 Å². The van der Waals surface area contributed by atoms with Gasteiger partial charge in [0.2, 0.25) is 10.0 Å². The maximum absolute atomic E-state index is 13.5. The first kappa shape index (κ1) is 20.5. The van der Waals surface area contributed by atoms with Crippen LogP contribution in [0, 0.1) is 16.7 Å². The second kappa shape index (κ2) is 6.57.